The molecule has 0 radical (unpaired) electrons. The van der Waals surface area contributed by atoms with Gasteiger partial charge in [-0.2, -0.15) is 16.7 Å². The van der Waals surface area contributed by atoms with Crippen molar-refractivity contribution in [2.45, 2.75) is 31.2 Å². The fourth-order valence-electron chi connectivity index (χ4n) is 3.05. The van der Waals surface area contributed by atoms with Gasteiger partial charge in [-0.1, -0.05) is 6.07 Å². The standard InChI is InChI=1S/C19H26N6O5S2/c1-19(2,3)23-31(26,27)16-10-13(11-21-17(16)30-6)12-7-8-14-15(9-12)25(18(20)22-14)32(28,29)24(4)5/h7-11,23H,1-6H3,(H2,20,22). The molecule has 0 spiro atoms. The first-order valence-electron chi connectivity index (χ1n) is 9.47. The van der Waals surface area contributed by atoms with Crippen LogP contribution in [-0.2, 0) is 20.2 Å². The van der Waals surface area contributed by atoms with Crippen molar-refractivity contribution in [3.63, 3.8) is 0 Å². The number of imidazole rings is 1. The van der Waals surface area contributed by atoms with Crippen molar-refractivity contribution in [1.82, 2.24) is 23.0 Å². The van der Waals surface area contributed by atoms with E-state index < -0.39 is 25.8 Å². The lowest BCUT2D eigenvalue weighted by Crippen LogP contribution is -2.40. The van der Waals surface area contributed by atoms with E-state index in [4.69, 9.17) is 10.5 Å². The predicted molar refractivity (Wildman–Crippen MR) is 122 cm³/mol. The molecule has 0 aliphatic rings. The number of hydrogen-bond acceptors (Lipinski definition) is 8. The molecule has 3 aromatic rings. The van der Waals surface area contributed by atoms with Crippen LogP contribution in [-0.4, -0.2) is 61.8 Å². The van der Waals surface area contributed by atoms with Gasteiger partial charge in [0.25, 0.3) is 0 Å². The number of ether oxygens (including phenoxy) is 1. The number of nitrogens with zero attached hydrogens (tertiary/aromatic N) is 4. The minimum atomic E-state index is -3.95. The van der Waals surface area contributed by atoms with Crippen LogP contribution in [0.25, 0.3) is 22.2 Å². The smallest absolute Gasteiger partial charge is 0.310 e. The molecule has 0 saturated carbocycles. The highest BCUT2D eigenvalue weighted by Gasteiger charge is 2.27. The number of nitrogens with two attached hydrogens (primary N) is 1. The van der Waals surface area contributed by atoms with Crippen LogP contribution in [0.5, 0.6) is 5.88 Å². The van der Waals surface area contributed by atoms with Crippen LogP contribution >= 0.6 is 0 Å². The van der Waals surface area contributed by atoms with E-state index in [1.54, 1.807) is 39.0 Å². The van der Waals surface area contributed by atoms with Crippen LogP contribution in [0.2, 0.25) is 0 Å². The van der Waals surface area contributed by atoms with Crippen LogP contribution < -0.4 is 15.2 Å². The number of hydrogen-bond donors (Lipinski definition) is 2. The number of aromatic nitrogens is 3. The average Bonchev–Trinajstić information content (AvgIpc) is 3.00. The SMILES string of the molecule is COc1ncc(-c2ccc3nc(N)n(S(=O)(=O)N(C)C)c3c2)cc1S(=O)(=O)NC(C)(C)C. The van der Waals surface area contributed by atoms with Crippen LogP contribution in [0, 0.1) is 0 Å². The Kier molecular flexibility index (Phi) is 5.97. The average molecular weight is 483 g/mol. The maximum atomic E-state index is 12.9. The van der Waals surface area contributed by atoms with Gasteiger partial charge in [0.15, 0.2) is 0 Å². The minimum Gasteiger partial charge on any atom is -0.480 e. The van der Waals surface area contributed by atoms with Crippen molar-refractivity contribution in [3.8, 4) is 17.0 Å². The van der Waals surface area contributed by atoms with Crippen molar-refractivity contribution in [1.29, 1.82) is 0 Å². The Labute approximate surface area is 187 Å². The minimum absolute atomic E-state index is 0.0592. The topological polar surface area (TPSA) is 150 Å². The molecule has 0 bridgehead atoms. The largest absolute Gasteiger partial charge is 0.480 e. The highest BCUT2D eigenvalue weighted by molar-refractivity contribution is 7.89. The molecular formula is C19H26N6O5S2. The summed E-state index contributed by atoms with van der Waals surface area (Å²) in [6, 6.07) is 6.27. The number of rotatable bonds is 6. The van der Waals surface area contributed by atoms with Gasteiger partial charge in [-0.05, 0) is 44.5 Å². The maximum absolute atomic E-state index is 12.9. The fraction of sp³-hybridized carbons (Fsp3) is 0.368. The molecular weight excluding hydrogens is 456 g/mol. The van der Waals surface area contributed by atoms with E-state index in [1.807, 2.05) is 0 Å². The first kappa shape index (κ1) is 23.9. The second-order valence-electron chi connectivity index (χ2n) is 8.31. The summed E-state index contributed by atoms with van der Waals surface area (Å²) < 4.78 is 61.0. The predicted octanol–water partition coefficient (Wildman–Crippen LogP) is 1.42. The third kappa shape index (κ3) is 4.41. The van der Waals surface area contributed by atoms with Crippen LogP contribution in [0.3, 0.4) is 0 Å². The molecule has 3 rings (SSSR count). The van der Waals surface area contributed by atoms with Gasteiger partial charge in [0, 0.05) is 31.4 Å². The van der Waals surface area contributed by atoms with E-state index in [2.05, 4.69) is 14.7 Å². The quantitative estimate of drug-likeness (QED) is 0.536. The molecule has 0 fully saturated rings. The highest BCUT2D eigenvalue weighted by atomic mass is 32.2. The number of fused-ring (bicyclic) bond motifs is 1. The van der Waals surface area contributed by atoms with Gasteiger partial charge < -0.3 is 10.5 Å². The zero-order valence-electron chi connectivity index (χ0n) is 18.6. The summed E-state index contributed by atoms with van der Waals surface area (Å²) in [5.74, 6) is -0.243. The Morgan fingerprint density at radius 3 is 2.31 bits per heavy atom. The van der Waals surface area contributed by atoms with Crippen molar-refractivity contribution in [2.75, 3.05) is 26.9 Å². The number of methoxy groups -OCH3 is 1. The molecule has 3 N–H and O–H groups in total. The number of pyridine rings is 1. The summed E-state index contributed by atoms with van der Waals surface area (Å²) in [5, 5.41) is 0. The van der Waals surface area contributed by atoms with E-state index in [1.165, 1.54) is 33.5 Å². The van der Waals surface area contributed by atoms with Gasteiger partial charge in [-0.3, -0.25) is 0 Å². The Morgan fingerprint density at radius 1 is 1.09 bits per heavy atom. The van der Waals surface area contributed by atoms with Gasteiger partial charge >= 0.3 is 10.2 Å². The van der Waals surface area contributed by atoms with E-state index in [0.717, 1.165) is 8.28 Å². The molecule has 0 saturated heterocycles. The lowest BCUT2D eigenvalue weighted by molar-refractivity contribution is 0.384. The van der Waals surface area contributed by atoms with Gasteiger partial charge in [0.2, 0.25) is 21.9 Å². The maximum Gasteiger partial charge on any atom is 0.310 e. The Morgan fingerprint density at radius 2 is 1.75 bits per heavy atom. The van der Waals surface area contributed by atoms with E-state index in [-0.39, 0.29) is 22.2 Å². The van der Waals surface area contributed by atoms with Crippen molar-refractivity contribution < 1.29 is 21.6 Å². The van der Waals surface area contributed by atoms with Crippen molar-refractivity contribution in [3.05, 3.63) is 30.5 Å². The normalized spacial score (nSPS) is 13.1. The first-order chi connectivity index (χ1) is 14.7. The number of sulfonamides is 1. The third-order valence-electron chi connectivity index (χ3n) is 4.40. The number of anilines is 1. The molecule has 32 heavy (non-hydrogen) atoms. The molecule has 0 aliphatic heterocycles. The molecule has 11 nitrogen and oxygen atoms in total. The summed E-state index contributed by atoms with van der Waals surface area (Å²) >= 11 is 0. The summed E-state index contributed by atoms with van der Waals surface area (Å²) in [6.45, 7) is 5.16. The monoisotopic (exact) mass is 482 g/mol. The summed E-state index contributed by atoms with van der Waals surface area (Å²) in [5.41, 5.74) is 6.74. The fourth-order valence-corrected chi connectivity index (χ4v) is 5.61. The number of benzene rings is 1. The van der Waals surface area contributed by atoms with Gasteiger partial charge in [0.05, 0.1) is 18.1 Å². The summed E-state index contributed by atoms with van der Waals surface area (Å²) in [4.78, 5) is 8.12. The van der Waals surface area contributed by atoms with Gasteiger partial charge in [-0.25, -0.2) is 23.1 Å². The Balaban J connectivity index is 2.22. The van der Waals surface area contributed by atoms with E-state index in [0.29, 0.717) is 16.6 Å². The summed E-state index contributed by atoms with van der Waals surface area (Å²) in [6.07, 6.45) is 1.45. The lowest BCUT2D eigenvalue weighted by atomic mass is 10.1. The Hall–Kier alpha value is -2.74. The molecule has 0 atom stereocenters. The number of nitrogens with one attached hydrogen (secondary N) is 1. The second kappa shape index (κ2) is 7.99. The Bertz CT molecular complexity index is 1390. The molecule has 0 unspecified atom stereocenters. The van der Waals surface area contributed by atoms with Crippen molar-refractivity contribution in [2.24, 2.45) is 0 Å². The first-order valence-corrected chi connectivity index (χ1v) is 12.3. The molecule has 1 aromatic carbocycles. The molecule has 2 aromatic heterocycles. The molecule has 0 aliphatic carbocycles. The van der Waals surface area contributed by atoms with Crippen LogP contribution in [0.4, 0.5) is 5.95 Å². The lowest BCUT2D eigenvalue weighted by Gasteiger charge is -2.21. The molecule has 174 valence electrons. The summed E-state index contributed by atoms with van der Waals surface area (Å²) in [7, 11) is -3.78. The van der Waals surface area contributed by atoms with Crippen LogP contribution in [0.1, 0.15) is 20.8 Å². The van der Waals surface area contributed by atoms with E-state index >= 15 is 0 Å². The third-order valence-corrected chi connectivity index (χ3v) is 7.93. The molecule has 0 amide bonds. The van der Waals surface area contributed by atoms with Crippen molar-refractivity contribution >= 4 is 37.2 Å². The van der Waals surface area contributed by atoms with E-state index in [9.17, 15) is 16.8 Å². The molecule has 13 heteroatoms. The zero-order chi connectivity index (χ0) is 24.1. The van der Waals surface area contributed by atoms with Crippen LogP contribution in [0.15, 0.2) is 35.4 Å². The molecule has 2 heterocycles. The van der Waals surface area contributed by atoms with Gasteiger partial charge in [0.1, 0.15) is 4.90 Å². The zero-order valence-corrected chi connectivity index (χ0v) is 20.2. The van der Waals surface area contributed by atoms with Gasteiger partial charge in [-0.15, -0.1) is 0 Å². The second-order valence-corrected chi connectivity index (χ2v) is 12.0. The highest BCUT2D eigenvalue weighted by Crippen LogP contribution is 2.31. The number of nitrogen functional groups attached to an aromatic ring is 1.